The fourth-order valence-electron chi connectivity index (χ4n) is 2.43. The number of benzene rings is 2. The number of ether oxygens (including phenoxy) is 1. The van der Waals surface area contributed by atoms with Crippen molar-refractivity contribution in [1.29, 1.82) is 0 Å². The molecule has 1 aliphatic rings. The number of halogens is 1. The maximum Gasteiger partial charge on any atom is 0.326 e. The van der Waals surface area contributed by atoms with Crippen molar-refractivity contribution in [3.63, 3.8) is 0 Å². The van der Waals surface area contributed by atoms with E-state index in [0.29, 0.717) is 5.69 Å². The lowest BCUT2D eigenvalue weighted by Crippen LogP contribution is -2.36. The van der Waals surface area contributed by atoms with Gasteiger partial charge >= 0.3 is 5.97 Å². The summed E-state index contributed by atoms with van der Waals surface area (Å²) in [6, 6.07) is 13.4. The highest BCUT2D eigenvalue weighted by molar-refractivity contribution is 14.1. The SMILES string of the molecule is O=C(COC(=O)CN1C(=O)c2ccccc2C1=O)Nc1ccc(I)cc1. The molecule has 3 amide bonds. The highest BCUT2D eigenvalue weighted by atomic mass is 127. The van der Waals surface area contributed by atoms with Crippen LogP contribution in [-0.4, -0.2) is 41.7 Å². The van der Waals surface area contributed by atoms with Gasteiger partial charge in [0.25, 0.3) is 17.7 Å². The lowest BCUT2D eigenvalue weighted by Gasteiger charge is -2.13. The van der Waals surface area contributed by atoms with Gasteiger partial charge in [-0.1, -0.05) is 12.1 Å². The minimum absolute atomic E-state index is 0.252. The predicted molar refractivity (Wildman–Crippen MR) is 101 cm³/mol. The molecule has 1 aliphatic heterocycles. The van der Waals surface area contributed by atoms with Gasteiger partial charge in [0, 0.05) is 9.26 Å². The normalized spacial score (nSPS) is 12.7. The molecule has 0 aliphatic carbocycles. The zero-order valence-corrected chi connectivity index (χ0v) is 15.6. The van der Waals surface area contributed by atoms with E-state index in [0.717, 1.165) is 8.47 Å². The summed E-state index contributed by atoms with van der Waals surface area (Å²) in [7, 11) is 0. The summed E-state index contributed by atoms with van der Waals surface area (Å²) in [5.41, 5.74) is 1.08. The van der Waals surface area contributed by atoms with E-state index < -0.39 is 36.8 Å². The summed E-state index contributed by atoms with van der Waals surface area (Å²) in [6.45, 7) is -1.04. The van der Waals surface area contributed by atoms with Crippen LogP contribution in [0, 0.1) is 3.57 Å². The molecule has 0 bridgehead atoms. The minimum atomic E-state index is -0.836. The van der Waals surface area contributed by atoms with Crippen LogP contribution in [0.2, 0.25) is 0 Å². The number of nitrogens with one attached hydrogen (secondary N) is 1. The van der Waals surface area contributed by atoms with Crippen LogP contribution in [0.3, 0.4) is 0 Å². The van der Waals surface area contributed by atoms with Crippen molar-refractivity contribution >= 4 is 52.0 Å². The number of esters is 1. The van der Waals surface area contributed by atoms with Gasteiger partial charge in [-0.3, -0.25) is 24.1 Å². The highest BCUT2D eigenvalue weighted by Crippen LogP contribution is 2.22. The second-order valence-corrected chi connectivity index (χ2v) is 6.70. The maximum absolute atomic E-state index is 12.2. The molecule has 1 heterocycles. The van der Waals surface area contributed by atoms with E-state index in [9.17, 15) is 19.2 Å². The predicted octanol–water partition coefficient (Wildman–Crippen LogP) is 2.07. The first kappa shape index (κ1) is 18.1. The molecule has 0 aromatic heterocycles. The molecule has 26 heavy (non-hydrogen) atoms. The molecule has 7 nitrogen and oxygen atoms in total. The molecule has 0 atom stereocenters. The van der Waals surface area contributed by atoms with Gasteiger partial charge in [0.2, 0.25) is 0 Å². The zero-order valence-electron chi connectivity index (χ0n) is 13.4. The summed E-state index contributed by atoms with van der Waals surface area (Å²) < 4.78 is 5.88. The largest absolute Gasteiger partial charge is 0.454 e. The Morgan fingerprint density at radius 3 is 2.12 bits per heavy atom. The molecule has 0 fully saturated rings. The first-order valence-electron chi connectivity index (χ1n) is 7.62. The van der Waals surface area contributed by atoms with E-state index in [1.54, 1.807) is 24.3 Å². The second kappa shape index (κ2) is 7.65. The quantitative estimate of drug-likeness (QED) is 0.416. The summed E-state index contributed by atoms with van der Waals surface area (Å²) in [5, 5.41) is 2.58. The van der Waals surface area contributed by atoms with Crippen molar-refractivity contribution in [2.75, 3.05) is 18.5 Å². The van der Waals surface area contributed by atoms with Gasteiger partial charge in [0.05, 0.1) is 11.1 Å². The van der Waals surface area contributed by atoms with Crippen LogP contribution in [0.1, 0.15) is 20.7 Å². The van der Waals surface area contributed by atoms with Crippen LogP contribution < -0.4 is 5.32 Å². The Morgan fingerprint density at radius 2 is 1.54 bits per heavy atom. The number of amides is 3. The average Bonchev–Trinajstić information content (AvgIpc) is 2.87. The van der Waals surface area contributed by atoms with Crippen LogP contribution >= 0.6 is 22.6 Å². The lowest BCUT2D eigenvalue weighted by atomic mass is 10.1. The van der Waals surface area contributed by atoms with Crippen LogP contribution in [-0.2, 0) is 14.3 Å². The van der Waals surface area contributed by atoms with Gasteiger partial charge in [-0.2, -0.15) is 0 Å². The summed E-state index contributed by atoms with van der Waals surface area (Å²) in [5.74, 6) is -2.45. The van der Waals surface area contributed by atoms with Gasteiger partial charge in [-0.05, 0) is 59.0 Å². The molecule has 1 N–H and O–H groups in total. The van der Waals surface area contributed by atoms with Crippen molar-refractivity contribution in [3.8, 4) is 0 Å². The Kier molecular flexibility index (Phi) is 5.31. The number of hydrogen-bond acceptors (Lipinski definition) is 5. The molecule has 2 aromatic carbocycles. The summed E-state index contributed by atoms with van der Waals surface area (Å²) >= 11 is 2.14. The average molecular weight is 464 g/mol. The third kappa shape index (κ3) is 3.90. The fraction of sp³-hybridized carbons (Fsp3) is 0.111. The molecule has 0 unspecified atom stereocenters. The molecule has 0 spiro atoms. The number of fused-ring (bicyclic) bond motifs is 1. The molecule has 0 saturated carbocycles. The number of anilines is 1. The minimum Gasteiger partial charge on any atom is -0.454 e. The van der Waals surface area contributed by atoms with E-state index in [4.69, 9.17) is 4.74 Å². The van der Waals surface area contributed by atoms with Crippen molar-refractivity contribution in [3.05, 3.63) is 63.2 Å². The topological polar surface area (TPSA) is 92.8 Å². The third-order valence-electron chi connectivity index (χ3n) is 3.66. The fourth-order valence-corrected chi connectivity index (χ4v) is 2.79. The van der Waals surface area contributed by atoms with Gasteiger partial charge in [0.15, 0.2) is 6.61 Å². The van der Waals surface area contributed by atoms with E-state index in [2.05, 4.69) is 27.9 Å². The van der Waals surface area contributed by atoms with E-state index in [1.165, 1.54) is 12.1 Å². The Hall–Kier alpha value is -2.75. The molecule has 0 radical (unpaired) electrons. The smallest absolute Gasteiger partial charge is 0.326 e. The molecule has 0 saturated heterocycles. The van der Waals surface area contributed by atoms with Crippen LogP contribution in [0.4, 0.5) is 5.69 Å². The molecular formula is C18H13IN2O5. The Labute approximate surface area is 162 Å². The Morgan fingerprint density at radius 1 is 0.962 bits per heavy atom. The molecule has 2 aromatic rings. The van der Waals surface area contributed by atoms with Crippen molar-refractivity contribution < 1.29 is 23.9 Å². The summed E-state index contributed by atoms with van der Waals surface area (Å²) in [4.78, 5) is 48.8. The molecule has 8 heteroatoms. The monoisotopic (exact) mass is 464 g/mol. The standard InChI is InChI=1S/C18H13IN2O5/c19-11-5-7-12(8-6-11)20-15(22)10-26-16(23)9-21-17(24)13-3-1-2-4-14(13)18(21)25/h1-8H,9-10H2,(H,20,22). The lowest BCUT2D eigenvalue weighted by molar-refractivity contribution is -0.147. The van der Waals surface area contributed by atoms with Crippen LogP contribution in [0.15, 0.2) is 48.5 Å². The van der Waals surface area contributed by atoms with Crippen molar-refractivity contribution in [1.82, 2.24) is 4.90 Å². The molecular weight excluding hydrogens is 451 g/mol. The van der Waals surface area contributed by atoms with Crippen LogP contribution in [0.25, 0.3) is 0 Å². The first-order valence-corrected chi connectivity index (χ1v) is 8.70. The van der Waals surface area contributed by atoms with Crippen molar-refractivity contribution in [2.45, 2.75) is 0 Å². The highest BCUT2D eigenvalue weighted by Gasteiger charge is 2.36. The number of hydrogen-bond donors (Lipinski definition) is 1. The number of rotatable bonds is 5. The molecule has 3 rings (SSSR count). The van der Waals surface area contributed by atoms with Gasteiger partial charge in [-0.15, -0.1) is 0 Å². The second-order valence-electron chi connectivity index (χ2n) is 5.46. The third-order valence-corrected chi connectivity index (χ3v) is 4.38. The van der Waals surface area contributed by atoms with Gasteiger partial charge in [0.1, 0.15) is 6.54 Å². The zero-order chi connectivity index (χ0) is 18.7. The van der Waals surface area contributed by atoms with E-state index >= 15 is 0 Å². The van der Waals surface area contributed by atoms with Crippen molar-refractivity contribution in [2.24, 2.45) is 0 Å². The molecule has 132 valence electrons. The number of carbonyl (C=O) groups excluding carboxylic acids is 4. The first-order chi connectivity index (χ1) is 12.5. The Balaban J connectivity index is 1.52. The van der Waals surface area contributed by atoms with E-state index in [1.807, 2.05) is 12.1 Å². The number of imide groups is 1. The van der Waals surface area contributed by atoms with E-state index in [-0.39, 0.29) is 11.1 Å². The van der Waals surface area contributed by atoms with Gasteiger partial charge in [-0.25, -0.2) is 0 Å². The summed E-state index contributed by atoms with van der Waals surface area (Å²) in [6.07, 6.45) is 0. The van der Waals surface area contributed by atoms with Gasteiger partial charge < -0.3 is 10.1 Å². The maximum atomic E-state index is 12.2. The number of carbonyl (C=O) groups is 4. The van der Waals surface area contributed by atoms with Crippen LogP contribution in [0.5, 0.6) is 0 Å². The Bertz CT molecular complexity index is 860. The number of nitrogens with zero attached hydrogens (tertiary/aromatic N) is 1.